The van der Waals surface area contributed by atoms with E-state index in [1.807, 2.05) is 31.2 Å². The summed E-state index contributed by atoms with van der Waals surface area (Å²) >= 11 is 0. The van der Waals surface area contributed by atoms with E-state index < -0.39 is 6.10 Å². The van der Waals surface area contributed by atoms with E-state index in [9.17, 15) is 9.59 Å². The number of ether oxygens (including phenoxy) is 2. The molecule has 0 aliphatic carbocycles. The molecule has 2 atom stereocenters. The minimum atomic E-state index is -0.652. The first-order chi connectivity index (χ1) is 14.6. The fourth-order valence-electron chi connectivity index (χ4n) is 3.40. The SMILES string of the molecule is CCc1ccc(OC(CC)C(=O)Nc2ccccc2C(=O)NCC2CCCO2)cc1. The molecule has 1 aliphatic heterocycles. The molecule has 160 valence electrons. The average molecular weight is 411 g/mol. The van der Waals surface area contributed by atoms with Crippen molar-refractivity contribution in [3.8, 4) is 5.75 Å². The summed E-state index contributed by atoms with van der Waals surface area (Å²) in [7, 11) is 0. The number of aryl methyl sites for hydroxylation is 1. The van der Waals surface area contributed by atoms with Crippen LogP contribution in [0.25, 0.3) is 0 Å². The van der Waals surface area contributed by atoms with E-state index >= 15 is 0 Å². The van der Waals surface area contributed by atoms with Gasteiger partial charge in [0.15, 0.2) is 6.10 Å². The maximum atomic E-state index is 12.8. The molecular formula is C24H30N2O4. The summed E-state index contributed by atoms with van der Waals surface area (Å²) < 4.78 is 11.4. The molecule has 1 aliphatic rings. The van der Waals surface area contributed by atoms with Crippen molar-refractivity contribution in [2.75, 3.05) is 18.5 Å². The van der Waals surface area contributed by atoms with Crippen molar-refractivity contribution in [2.24, 2.45) is 0 Å². The molecule has 2 aromatic carbocycles. The Kier molecular flexibility index (Phi) is 7.85. The van der Waals surface area contributed by atoms with E-state index in [1.54, 1.807) is 24.3 Å². The zero-order valence-electron chi connectivity index (χ0n) is 17.6. The first-order valence-corrected chi connectivity index (χ1v) is 10.7. The van der Waals surface area contributed by atoms with Crippen LogP contribution in [0.2, 0.25) is 0 Å². The van der Waals surface area contributed by atoms with Crippen LogP contribution in [-0.2, 0) is 16.0 Å². The highest BCUT2D eigenvalue weighted by atomic mass is 16.5. The maximum Gasteiger partial charge on any atom is 0.265 e. The molecule has 6 heteroatoms. The monoisotopic (exact) mass is 410 g/mol. The van der Waals surface area contributed by atoms with Crippen molar-refractivity contribution in [3.63, 3.8) is 0 Å². The molecule has 0 bridgehead atoms. The van der Waals surface area contributed by atoms with Gasteiger partial charge in [0.1, 0.15) is 5.75 Å². The van der Waals surface area contributed by atoms with Crippen molar-refractivity contribution >= 4 is 17.5 Å². The number of hydrogen-bond donors (Lipinski definition) is 2. The molecule has 2 N–H and O–H groups in total. The van der Waals surface area contributed by atoms with Crippen molar-refractivity contribution < 1.29 is 19.1 Å². The largest absolute Gasteiger partial charge is 0.481 e. The Morgan fingerprint density at radius 2 is 1.90 bits per heavy atom. The lowest BCUT2D eigenvalue weighted by Crippen LogP contribution is -2.35. The van der Waals surface area contributed by atoms with E-state index in [2.05, 4.69) is 17.6 Å². The van der Waals surface area contributed by atoms with Gasteiger partial charge in [0.2, 0.25) is 0 Å². The highest BCUT2D eigenvalue weighted by Gasteiger charge is 2.22. The first kappa shape index (κ1) is 21.8. The van der Waals surface area contributed by atoms with Crippen LogP contribution in [0.3, 0.4) is 0 Å². The molecule has 1 fully saturated rings. The number of anilines is 1. The number of carbonyl (C=O) groups excluding carboxylic acids is 2. The Bertz CT molecular complexity index is 845. The minimum Gasteiger partial charge on any atom is -0.481 e. The lowest BCUT2D eigenvalue weighted by molar-refractivity contribution is -0.122. The third kappa shape index (κ3) is 5.83. The van der Waals surface area contributed by atoms with Gasteiger partial charge in [0.25, 0.3) is 11.8 Å². The number of para-hydroxylation sites is 1. The maximum absolute atomic E-state index is 12.8. The topological polar surface area (TPSA) is 76.7 Å². The van der Waals surface area contributed by atoms with Crippen LogP contribution in [0.5, 0.6) is 5.75 Å². The molecule has 2 amide bonds. The Hall–Kier alpha value is -2.86. The predicted molar refractivity (Wildman–Crippen MR) is 117 cm³/mol. The Labute approximate surface area is 178 Å². The number of carbonyl (C=O) groups is 2. The molecule has 3 rings (SSSR count). The Balaban J connectivity index is 1.63. The number of hydrogen-bond acceptors (Lipinski definition) is 4. The summed E-state index contributed by atoms with van der Waals surface area (Å²) in [6, 6.07) is 14.7. The van der Waals surface area contributed by atoms with Crippen LogP contribution in [0.4, 0.5) is 5.69 Å². The molecule has 30 heavy (non-hydrogen) atoms. The zero-order chi connectivity index (χ0) is 21.3. The molecule has 1 heterocycles. The summed E-state index contributed by atoms with van der Waals surface area (Å²) in [6.45, 7) is 5.19. The molecular weight excluding hydrogens is 380 g/mol. The van der Waals surface area contributed by atoms with Crippen LogP contribution < -0.4 is 15.4 Å². The standard InChI is InChI=1S/C24H30N2O4/c1-3-17-11-13-18(14-12-17)30-22(4-2)24(28)26-21-10-6-5-9-20(21)23(27)25-16-19-8-7-15-29-19/h5-6,9-14,19,22H,3-4,7-8,15-16H2,1-2H3,(H,25,27)(H,26,28). The summed E-state index contributed by atoms with van der Waals surface area (Å²) in [6.07, 6.45) is 2.84. The van der Waals surface area contributed by atoms with Gasteiger partial charge >= 0.3 is 0 Å². The number of nitrogens with one attached hydrogen (secondary N) is 2. The third-order valence-corrected chi connectivity index (χ3v) is 5.22. The summed E-state index contributed by atoms with van der Waals surface area (Å²) in [5.74, 6) is 0.138. The second kappa shape index (κ2) is 10.8. The molecule has 2 aromatic rings. The highest BCUT2D eigenvalue weighted by molar-refractivity contribution is 6.04. The van der Waals surface area contributed by atoms with E-state index in [1.165, 1.54) is 5.56 Å². The van der Waals surface area contributed by atoms with Gasteiger partial charge in [-0.05, 0) is 55.5 Å². The highest BCUT2D eigenvalue weighted by Crippen LogP contribution is 2.19. The predicted octanol–water partition coefficient (Wildman–Crippen LogP) is 3.95. The van der Waals surface area contributed by atoms with Gasteiger partial charge in [-0.1, -0.05) is 38.1 Å². The molecule has 0 saturated carbocycles. The smallest absolute Gasteiger partial charge is 0.265 e. The van der Waals surface area contributed by atoms with Crippen molar-refractivity contribution in [2.45, 2.75) is 51.7 Å². The minimum absolute atomic E-state index is 0.0627. The van der Waals surface area contributed by atoms with Crippen LogP contribution in [0.1, 0.15) is 49.0 Å². The zero-order valence-corrected chi connectivity index (χ0v) is 17.6. The molecule has 2 unspecified atom stereocenters. The number of rotatable bonds is 9. The van der Waals surface area contributed by atoms with Crippen LogP contribution >= 0.6 is 0 Å². The lowest BCUT2D eigenvalue weighted by atomic mass is 10.1. The van der Waals surface area contributed by atoms with Crippen molar-refractivity contribution in [1.82, 2.24) is 5.32 Å². The average Bonchev–Trinajstić information content (AvgIpc) is 3.30. The summed E-state index contributed by atoms with van der Waals surface area (Å²) in [5, 5.41) is 5.76. The van der Waals surface area contributed by atoms with Crippen LogP contribution in [0.15, 0.2) is 48.5 Å². The van der Waals surface area contributed by atoms with Crippen molar-refractivity contribution in [3.05, 3.63) is 59.7 Å². The van der Waals surface area contributed by atoms with Gasteiger partial charge in [0.05, 0.1) is 17.4 Å². The van der Waals surface area contributed by atoms with Gasteiger partial charge < -0.3 is 20.1 Å². The Morgan fingerprint density at radius 3 is 2.57 bits per heavy atom. The summed E-state index contributed by atoms with van der Waals surface area (Å²) in [4.78, 5) is 25.5. The van der Waals surface area contributed by atoms with Crippen molar-refractivity contribution in [1.29, 1.82) is 0 Å². The van der Waals surface area contributed by atoms with E-state index in [-0.39, 0.29) is 17.9 Å². The second-order valence-electron chi connectivity index (χ2n) is 7.39. The van der Waals surface area contributed by atoms with Crippen LogP contribution in [-0.4, -0.2) is 37.2 Å². The van der Waals surface area contributed by atoms with Crippen LogP contribution in [0, 0.1) is 0 Å². The van der Waals surface area contributed by atoms with Gasteiger partial charge in [-0.15, -0.1) is 0 Å². The lowest BCUT2D eigenvalue weighted by Gasteiger charge is -2.19. The fourth-order valence-corrected chi connectivity index (χ4v) is 3.40. The normalized spacial score (nSPS) is 16.7. The molecule has 6 nitrogen and oxygen atoms in total. The number of benzene rings is 2. The van der Waals surface area contributed by atoms with Gasteiger partial charge in [-0.3, -0.25) is 9.59 Å². The molecule has 0 aromatic heterocycles. The van der Waals surface area contributed by atoms with Gasteiger partial charge in [-0.25, -0.2) is 0 Å². The number of amides is 2. The molecule has 1 saturated heterocycles. The van der Waals surface area contributed by atoms with E-state index in [4.69, 9.17) is 9.47 Å². The quantitative estimate of drug-likeness (QED) is 0.656. The van der Waals surface area contributed by atoms with E-state index in [0.717, 1.165) is 25.9 Å². The van der Waals surface area contributed by atoms with Gasteiger partial charge in [0, 0.05) is 13.2 Å². The fraction of sp³-hybridized carbons (Fsp3) is 0.417. The van der Waals surface area contributed by atoms with Gasteiger partial charge in [-0.2, -0.15) is 0 Å². The second-order valence-corrected chi connectivity index (χ2v) is 7.39. The molecule has 0 spiro atoms. The third-order valence-electron chi connectivity index (χ3n) is 5.22. The Morgan fingerprint density at radius 1 is 1.13 bits per heavy atom. The van der Waals surface area contributed by atoms with E-state index in [0.29, 0.717) is 30.0 Å². The first-order valence-electron chi connectivity index (χ1n) is 10.7. The summed E-state index contributed by atoms with van der Waals surface area (Å²) in [5.41, 5.74) is 2.10. The molecule has 0 radical (unpaired) electrons.